The molecule has 0 radical (unpaired) electrons. The van der Waals surface area contributed by atoms with Crippen molar-refractivity contribution in [3.05, 3.63) is 74.2 Å². The first-order chi connectivity index (χ1) is 14.0. The van der Waals surface area contributed by atoms with Crippen molar-refractivity contribution in [2.45, 2.75) is 13.0 Å². The topological polar surface area (TPSA) is 72.3 Å². The zero-order chi connectivity index (χ0) is 21.1. The first-order valence-corrected chi connectivity index (χ1v) is 10.3. The molecule has 0 atom stereocenters. The summed E-state index contributed by atoms with van der Waals surface area (Å²) in [5.74, 6) is -0.340. The van der Waals surface area contributed by atoms with Gasteiger partial charge in [0.1, 0.15) is 13.7 Å². The minimum absolute atomic E-state index is 0.183. The number of nitrogens with zero attached hydrogens (tertiary/aromatic N) is 2. The molecule has 0 aliphatic carbocycles. The smallest absolute Gasteiger partial charge is 0.273 e. The maximum absolute atomic E-state index is 12.1. The van der Waals surface area contributed by atoms with Crippen molar-refractivity contribution in [1.29, 1.82) is 0 Å². The number of benzene rings is 2. The Morgan fingerprint density at radius 1 is 1.14 bits per heavy atom. The molecule has 8 heteroatoms. The lowest BCUT2D eigenvalue weighted by molar-refractivity contribution is -0.114. The van der Waals surface area contributed by atoms with Gasteiger partial charge in [-0.1, -0.05) is 58.8 Å². The number of likely N-dealkylation sites (N-methyl/N-ethyl adjacent to an activating group) is 1. The van der Waals surface area contributed by atoms with Crippen LogP contribution in [-0.4, -0.2) is 32.0 Å². The molecule has 2 aromatic carbocycles. The summed E-state index contributed by atoms with van der Waals surface area (Å²) in [6, 6.07) is 15.4. The lowest BCUT2D eigenvalue weighted by atomic mass is 10.0. The number of amides is 1. The molecule has 29 heavy (non-hydrogen) atoms. The molecule has 2 rings (SSSR count). The van der Waals surface area contributed by atoms with Gasteiger partial charge in [0.2, 0.25) is 0 Å². The van der Waals surface area contributed by atoms with Gasteiger partial charge in [-0.15, -0.1) is 0 Å². The fraction of sp³-hybridized carbons (Fsp3) is 0.190. The highest BCUT2D eigenvalue weighted by atomic mass is 79.9. The van der Waals surface area contributed by atoms with Crippen molar-refractivity contribution >= 4 is 55.8 Å². The molecule has 1 amide bonds. The second-order valence-corrected chi connectivity index (χ2v) is 8.57. The molecule has 0 saturated carbocycles. The van der Waals surface area contributed by atoms with E-state index in [4.69, 9.17) is 9.68 Å². The Bertz CT molecular complexity index is 906. The largest absolute Gasteiger partial charge is 0.398 e. The van der Waals surface area contributed by atoms with Gasteiger partial charge in [-0.3, -0.25) is 4.79 Å². The fourth-order valence-electron chi connectivity index (χ4n) is 2.48. The van der Waals surface area contributed by atoms with E-state index >= 15 is 0 Å². The molecule has 0 aliphatic rings. The lowest BCUT2D eigenvalue weighted by Crippen LogP contribution is -2.29. The Hall–Kier alpha value is -2.45. The first-order valence-electron chi connectivity index (χ1n) is 8.72. The van der Waals surface area contributed by atoms with Gasteiger partial charge in [0, 0.05) is 30.8 Å². The van der Waals surface area contributed by atoms with Crippen LogP contribution in [0, 0.1) is 0 Å². The zero-order valence-corrected chi connectivity index (χ0v) is 19.2. The van der Waals surface area contributed by atoms with Gasteiger partial charge in [-0.05, 0) is 49.1 Å². The van der Waals surface area contributed by atoms with E-state index < -0.39 is 0 Å². The van der Waals surface area contributed by atoms with E-state index in [2.05, 4.69) is 47.5 Å². The molecular formula is C21H21Br2N3O3. The molecule has 0 heterocycles. The van der Waals surface area contributed by atoms with Crippen molar-refractivity contribution < 1.29 is 14.5 Å². The number of oxime groups is 2. The average molecular weight is 523 g/mol. The van der Waals surface area contributed by atoms with Crippen molar-refractivity contribution in [3.63, 3.8) is 0 Å². The summed E-state index contributed by atoms with van der Waals surface area (Å²) in [5, 5.41) is 10.4. The third-order valence-electron chi connectivity index (χ3n) is 3.85. The molecule has 0 bridgehead atoms. The predicted octanol–water partition coefficient (Wildman–Crippen LogP) is 4.62. The zero-order valence-electron chi connectivity index (χ0n) is 16.1. The van der Waals surface area contributed by atoms with Crippen molar-refractivity contribution in [1.82, 2.24) is 5.32 Å². The summed E-state index contributed by atoms with van der Waals surface area (Å²) in [7, 11) is 2.94. The van der Waals surface area contributed by atoms with E-state index in [9.17, 15) is 4.79 Å². The molecule has 0 unspecified atom stereocenters. The third-order valence-corrected chi connectivity index (χ3v) is 4.31. The molecule has 2 aromatic rings. The highest BCUT2D eigenvalue weighted by Gasteiger charge is 2.17. The summed E-state index contributed by atoms with van der Waals surface area (Å²) in [6.07, 6.45) is 4.32. The fourth-order valence-corrected chi connectivity index (χ4v) is 3.01. The van der Waals surface area contributed by atoms with Crippen LogP contribution in [0.5, 0.6) is 0 Å². The lowest BCUT2D eigenvalue weighted by Gasteiger charge is -2.09. The number of hydrogen-bond acceptors (Lipinski definition) is 5. The maximum atomic E-state index is 12.1. The van der Waals surface area contributed by atoms with Crippen LogP contribution < -0.4 is 5.32 Å². The van der Waals surface area contributed by atoms with Gasteiger partial charge in [-0.25, -0.2) is 0 Å². The quantitative estimate of drug-likeness (QED) is 0.386. The van der Waals surface area contributed by atoms with E-state index in [0.29, 0.717) is 12.0 Å². The minimum atomic E-state index is -0.340. The highest BCUT2D eigenvalue weighted by Crippen LogP contribution is 2.18. The molecule has 0 fully saturated rings. The van der Waals surface area contributed by atoms with Gasteiger partial charge < -0.3 is 15.0 Å². The Labute approximate surface area is 186 Å². The molecule has 0 saturated heterocycles. The molecule has 0 aliphatic heterocycles. The van der Waals surface area contributed by atoms with Crippen molar-refractivity contribution in [2.24, 2.45) is 10.3 Å². The summed E-state index contributed by atoms with van der Waals surface area (Å²) < 4.78 is 0.892. The van der Waals surface area contributed by atoms with Gasteiger partial charge in [-0.2, -0.15) is 0 Å². The monoisotopic (exact) mass is 521 g/mol. The minimum Gasteiger partial charge on any atom is -0.398 e. The second-order valence-electron chi connectivity index (χ2n) is 5.80. The molecule has 1 N–H and O–H groups in total. The van der Waals surface area contributed by atoms with Gasteiger partial charge in [0.15, 0.2) is 5.71 Å². The van der Waals surface area contributed by atoms with Gasteiger partial charge in [0.25, 0.3) is 5.91 Å². The summed E-state index contributed by atoms with van der Waals surface area (Å²) in [6.45, 7) is 0.204. The number of rotatable bonds is 9. The number of hydrogen-bond donors (Lipinski definition) is 1. The summed E-state index contributed by atoms with van der Waals surface area (Å²) in [4.78, 5) is 22.3. The van der Waals surface area contributed by atoms with Crippen LogP contribution in [-0.2, 0) is 27.5 Å². The van der Waals surface area contributed by atoms with Crippen molar-refractivity contribution in [2.75, 3.05) is 14.2 Å². The normalized spacial score (nSPS) is 11.2. The van der Waals surface area contributed by atoms with Crippen molar-refractivity contribution in [3.8, 4) is 0 Å². The van der Waals surface area contributed by atoms with Crippen LogP contribution in [0.4, 0.5) is 0 Å². The van der Waals surface area contributed by atoms with E-state index in [0.717, 1.165) is 20.1 Å². The van der Waals surface area contributed by atoms with Crippen LogP contribution in [0.2, 0.25) is 0 Å². The summed E-state index contributed by atoms with van der Waals surface area (Å²) in [5.41, 5.74) is 3.80. The van der Waals surface area contributed by atoms with Crippen LogP contribution in [0.3, 0.4) is 0 Å². The van der Waals surface area contributed by atoms with Crippen LogP contribution in [0.1, 0.15) is 22.3 Å². The highest BCUT2D eigenvalue weighted by molar-refractivity contribution is 9.28. The van der Waals surface area contributed by atoms with E-state index in [1.54, 1.807) is 19.3 Å². The Kier molecular flexibility index (Phi) is 9.59. The molecule has 6 nitrogen and oxygen atoms in total. The third kappa shape index (κ3) is 7.47. The standard InChI is InChI=1S/C21H21Br2N3O3/c1-24-21(27)20(26-28-2)18-6-4-3-5-17(18)14-29-25-12-11-15-7-9-16(10-8-15)13-19(22)23/h3-10,12-13H,11,14H2,1-2H3,(H,24,27)/b25-12+,26-20-. The Balaban J connectivity index is 1.98. The number of halogens is 2. The molecule has 152 valence electrons. The molecule has 0 aromatic heterocycles. The Morgan fingerprint density at radius 2 is 1.86 bits per heavy atom. The van der Waals surface area contributed by atoms with E-state index in [1.165, 1.54) is 7.11 Å². The number of carbonyl (C=O) groups excluding carboxylic acids is 1. The predicted molar refractivity (Wildman–Crippen MR) is 123 cm³/mol. The van der Waals surface area contributed by atoms with E-state index in [1.807, 2.05) is 48.5 Å². The van der Waals surface area contributed by atoms with Crippen LogP contribution >= 0.6 is 31.9 Å². The maximum Gasteiger partial charge on any atom is 0.273 e. The SMILES string of the molecule is CNC(=O)/C(=N\OC)c1ccccc1CO/N=C/Cc1ccc(C=C(Br)Br)cc1. The van der Waals surface area contributed by atoms with Gasteiger partial charge in [0.05, 0.1) is 3.39 Å². The Morgan fingerprint density at radius 3 is 2.52 bits per heavy atom. The van der Waals surface area contributed by atoms with Crippen LogP contribution in [0.25, 0.3) is 6.08 Å². The molecular weight excluding hydrogens is 502 g/mol. The number of nitrogens with one attached hydrogen (secondary N) is 1. The second kappa shape index (κ2) is 12.2. The van der Waals surface area contributed by atoms with Gasteiger partial charge >= 0.3 is 0 Å². The summed E-state index contributed by atoms with van der Waals surface area (Å²) >= 11 is 6.69. The average Bonchev–Trinajstić information content (AvgIpc) is 2.72. The number of carbonyl (C=O) groups is 1. The van der Waals surface area contributed by atoms with Crippen LogP contribution in [0.15, 0.2) is 62.2 Å². The first kappa shape index (κ1) is 22.8. The van der Waals surface area contributed by atoms with E-state index in [-0.39, 0.29) is 18.2 Å². The molecule has 0 spiro atoms.